The van der Waals surface area contributed by atoms with E-state index < -0.39 is 0 Å². The molecule has 7 heteroatoms. The number of halogens is 1. The minimum atomic E-state index is -0.271. The zero-order valence-electron chi connectivity index (χ0n) is 13.9. The Bertz CT molecular complexity index is 770. The molecular formula is C18H21ClN4O2. The largest absolute Gasteiger partial charge is 0.492 e. The van der Waals surface area contributed by atoms with Crippen LogP contribution >= 0.6 is 11.6 Å². The van der Waals surface area contributed by atoms with Crippen LogP contribution in [0.5, 0.6) is 5.75 Å². The number of carbonyl (C=O) groups is 1. The molecule has 2 aliphatic rings. The first-order valence-corrected chi connectivity index (χ1v) is 9.20. The van der Waals surface area contributed by atoms with Crippen LogP contribution in [-0.4, -0.2) is 27.3 Å². The number of rotatable bonds is 3. The summed E-state index contributed by atoms with van der Waals surface area (Å²) in [6, 6.07) is 5.90. The van der Waals surface area contributed by atoms with Gasteiger partial charge in [-0.3, -0.25) is 10.1 Å². The molecule has 1 saturated carbocycles. The third-order valence-electron chi connectivity index (χ3n) is 4.99. The average molecular weight is 361 g/mol. The van der Waals surface area contributed by atoms with Crippen molar-refractivity contribution in [1.29, 1.82) is 0 Å². The fourth-order valence-electron chi connectivity index (χ4n) is 3.60. The minimum absolute atomic E-state index is 0.119. The highest BCUT2D eigenvalue weighted by molar-refractivity contribution is 6.30. The van der Waals surface area contributed by atoms with Crippen molar-refractivity contribution in [2.75, 3.05) is 11.9 Å². The quantitative estimate of drug-likeness (QED) is 0.907. The van der Waals surface area contributed by atoms with Gasteiger partial charge in [0.1, 0.15) is 18.7 Å². The molecule has 1 N–H and O–H groups in total. The van der Waals surface area contributed by atoms with Gasteiger partial charge in [0, 0.05) is 5.02 Å². The standard InChI is InChI=1S/C18H21ClN4O2/c19-14-6-7-16-12(9-14)8-13(10-25-16)17(24)21-18-20-11-23(22-18)15-4-2-1-3-5-15/h6-7,9,11,13,15H,1-5,8,10H2,(H,21,22,24). The summed E-state index contributed by atoms with van der Waals surface area (Å²) in [5.74, 6) is 0.778. The van der Waals surface area contributed by atoms with Gasteiger partial charge in [0.15, 0.2) is 0 Å². The molecule has 1 aliphatic carbocycles. The Kier molecular flexibility index (Phi) is 4.61. The van der Waals surface area contributed by atoms with Gasteiger partial charge in [-0.05, 0) is 43.0 Å². The van der Waals surface area contributed by atoms with E-state index in [2.05, 4.69) is 15.4 Å². The van der Waals surface area contributed by atoms with Gasteiger partial charge in [0.05, 0.1) is 12.0 Å². The third kappa shape index (κ3) is 3.63. The van der Waals surface area contributed by atoms with E-state index in [9.17, 15) is 4.79 Å². The average Bonchev–Trinajstić information content (AvgIpc) is 3.10. The summed E-state index contributed by atoms with van der Waals surface area (Å²) < 4.78 is 7.57. The van der Waals surface area contributed by atoms with E-state index >= 15 is 0 Å². The fourth-order valence-corrected chi connectivity index (χ4v) is 3.79. The number of anilines is 1. The summed E-state index contributed by atoms with van der Waals surface area (Å²) in [5, 5.41) is 7.91. The smallest absolute Gasteiger partial charge is 0.248 e. The molecular weight excluding hydrogens is 340 g/mol. The van der Waals surface area contributed by atoms with Crippen LogP contribution in [0, 0.1) is 5.92 Å². The Hall–Kier alpha value is -2.08. The summed E-state index contributed by atoms with van der Waals surface area (Å²) in [7, 11) is 0. The van der Waals surface area contributed by atoms with Crippen LogP contribution in [0.4, 0.5) is 5.95 Å². The lowest BCUT2D eigenvalue weighted by Crippen LogP contribution is -2.33. The molecule has 4 rings (SSSR count). The number of aromatic nitrogens is 3. The molecule has 2 aromatic rings. The normalized spacial score (nSPS) is 20.6. The van der Waals surface area contributed by atoms with E-state index in [0.29, 0.717) is 30.0 Å². The Morgan fingerprint density at radius 3 is 2.96 bits per heavy atom. The Labute approximate surface area is 151 Å². The zero-order chi connectivity index (χ0) is 17.2. The number of amides is 1. The molecule has 0 radical (unpaired) electrons. The van der Waals surface area contributed by atoms with Crippen molar-refractivity contribution >= 4 is 23.5 Å². The van der Waals surface area contributed by atoms with Crippen molar-refractivity contribution in [3.63, 3.8) is 0 Å². The van der Waals surface area contributed by atoms with Crippen LogP contribution in [-0.2, 0) is 11.2 Å². The molecule has 1 aromatic heterocycles. The highest BCUT2D eigenvalue weighted by atomic mass is 35.5. The fraction of sp³-hybridized carbons (Fsp3) is 0.500. The molecule has 6 nitrogen and oxygen atoms in total. The maximum Gasteiger partial charge on any atom is 0.248 e. The predicted molar refractivity (Wildman–Crippen MR) is 94.9 cm³/mol. The number of nitrogens with one attached hydrogen (secondary N) is 1. The number of ether oxygens (including phenoxy) is 1. The topological polar surface area (TPSA) is 69.0 Å². The summed E-state index contributed by atoms with van der Waals surface area (Å²) in [4.78, 5) is 16.8. The van der Waals surface area contributed by atoms with E-state index in [4.69, 9.17) is 16.3 Å². The number of benzene rings is 1. The van der Waals surface area contributed by atoms with Crippen LogP contribution < -0.4 is 10.1 Å². The second-order valence-corrected chi connectivity index (χ2v) is 7.23. The maximum absolute atomic E-state index is 12.5. The highest BCUT2D eigenvalue weighted by Gasteiger charge is 2.27. The molecule has 1 aromatic carbocycles. The molecule has 0 saturated heterocycles. The zero-order valence-corrected chi connectivity index (χ0v) is 14.7. The van der Waals surface area contributed by atoms with E-state index in [1.807, 2.05) is 16.8 Å². The molecule has 25 heavy (non-hydrogen) atoms. The van der Waals surface area contributed by atoms with Crippen molar-refractivity contribution in [3.8, 4) is 5.75 Å². The first kappa shape index (κ1) is 16.4. The molecule has 132 valence electrons. The van der Waals surface area contributed by atoms with Gasteiger partial charge in [-0.25, -0.2) is 9.67 Å². The second-order valence-electron chi connectivity index (χ2n) is 6.79. The van der Waals surface area contributed by atoms with Crippen LogP contribution in [0.1, 0.15) is 43.7 Å². The highest BCUT2D eigenvalue weighted by Crippen LogP contribution is 2.30. The SMILES string of the molecule is O=C(Nc1ncn(C2CCCCC2)n1)C1COc2ccc(Cl)cc2C1. The third-order valence-corrected chi connectivity index (χ3v) is 5.23. The van der Waals surface area contributed by atoms with E-state index in [0.717, 1.165) is 24.2 Å². The predicted octanol–water partition coefficient (Wildman–Crippen LogP) is 3.63. The van der Waals surface area contributed by atoms with Gasteiger partial charge in [-0.15, -0.1) is 5.10 Å². The number of carbonyl (C=O) groups excluding carboxylic acids is 1. The lowest BCUT2D eigenvalue weighted by molar-refractivity contribution is -0.121. The molecule has 1 atom stereocenters. The lowest BCUT2D eigenvalue weighted by atomic mass is 9.96. The summed E-state index contributed by atoms with van der Waals surface area (Å²) in [5.41, 5.74) is 0.958. The summed E-state index contributed by atoms with van der Waals surface area (Å²) in [6.07, 6.45) is 8.34. The first-order valence-electron chi connectivity index (χ1n) is 8.82. The van der Waals surface area contributed by atoms with Crippen LogP contribution in [0.2, 0.25) is 5.02 Å². The number of nitrogens with zero attached hydrogens (tertiary/aromatic N) is 3. The van der Waals surface area contributed by atoms with Gasteiger partial charge in [0.25, 0.3) is 0 Å². The molecule has 2 heterocycles. The molecule has 1 aliphatic heterocycles. The molecule has 1 amide bonds. The first-order chi connectivity index (χ1) is 12.2. The lowest BCUT2D eigenvalue weighted by Gasteiger charge is -2.24. The van der Waals surface area contributed by atoms with E-state index in [1.165, 1.54) is 19.3 Å². The van der Waals surface area contributed by atoms with E-state index in [-0.39, 0.29) is 11.8 Å². The van der Waals surface area contributed by atoms with Crippen molar-refractivity contribution in [2.45, 2.75) is 44.6 Å². The molecule has 0 bridgehead atoms. The van der Waals surface area contributed by atoms with Crippen LogP contribution in [0.25, 0.3) is 0 Å². The number of fused-ring (bicyclic) bond motifs is 1. The van der Waals surface area contributed by atoms with Crippen LogP contribution in [0.3, 0.4) is 0 Å². The Morgan fingerprint density at radius 1 is 1.28 bits per heavy atom. The van der Waals surface area contributed by atoms with Gasteiger partial charge in [-0.2, -0.15) is 0 Å². The van der Waals surface area contributed by atoms with Crippen LogP contribution in [0.15, 0.2) is 24.5 Å². The van der Waals surface area contributed by atoms with Crippen molar-refractivity contribution in [3.05, 3.63) is 35.1 Å². The molecule has 0 spiro atoms. The monoisotopic (exact) mass is 360 g/mol. The number of hydrogen-bond donors (Lipinski definition) is 1. The summed E-state index contributed by atoms with van der Waals surface area (Å²) >= 11 is 6.03. The van der Waals surface area contributed by atoms with Crippen molar-refractivity contribution in [2.24, 2.45) is 5.92 Å². The van der Waals surface area contributed by atoms with Crippen molar-refractivity contribution in [1.82, 2.24) is 14.8 Å². The maximum atomic E-state index is 12.5. The van der Waals surface area contributed by atoms with Gasteiger partial charge in [-0.1, -0.05) is 30.9 Å². The summed E-state index contributed by atoms with van der Waals surface area (Å²) in [6.45, 7) is 0.351. The molecule has 1 unspecified atom stereocenters. The molecule has 1 fully saturated rings. The van der Waals surface area contributed by atoms with E-state index in [1.54, 1.807) is 12.4 Å². The minimum Gasteiger partial charge on any atom is -0.492 e. The second kappa shape index (κ2) is 7.04. The van der Waals surface area contributed by atoms with Crippen molar-refractivity contribution < 1.29 is 9.53 Å². The Morgan fingerprint density at radius 2 is 2.12 bits per heavy atom. The Balaban J connectivity index is 1.40. The van der Waals surface area contributed by atoms with Gasteiger partial charge in [0.2, 0.25) is 11.9 Å². The van der Waals surface area contributed by atoms with Gasteiger partial charge >= 0.3 is 0 Å². The van der Waals surface area contributed by atoms with Gasteiger partial charge < -0.3 is 4.74 Å². The number of hydrogen-bond acceptors (Lipinski definition) is 4.